The Labute approximate surface area is 152 Å². The number of halogens is 1. The Bertz CT molecular complexity index is 559. The first-order valence-electron chi connectivity index (χ1n) is 8.17. The zero-order valence-corrected chi connectivity index (χ0v) is 15.6. The maximum Gasteiger partial charge on any atom is 0.409 e. The van der Waals surface area contributed by atoms with Crippen molar-refractivity contribution < 1.29 is 14.3 Å². The number of ether oxygens (including phenoxy) is 1. The number of benzene rings is 1. The zero-order chi connectivity index (χ0) is 17.5. The van der Waals surface area contributed by atoms with Crippen molar-refractivity contribution in [2.24, 2.45) is 0 Å². The standard InChI is InChI=1S/C17H23ClN2O3S/c1-3-15(24-14-7-5-13(18)6-8-14)16(21)19-9-11-20(12-10-19)17(22)23-4-2/h5-8,15H,3-4,9-12H2,1-2H3. The summed E-state index contributed by atoms with van der Waals surface area (Å²) in [6.07, 6.45) is 0.455. The maximum absolute atomic E-state index is 12.7. The van der Waals surface area contributed by atoms with Crippen LogP contribution < -0.4 is 0 Å². The third-order valence-corrected chi connectivity index (χ3v) is 5.47. The van der Waals surface area contributed by atoms with Crippen molar-refractivity contribution in [1.29, 1.82) is 0 Å². The number of piperazine rings is 1. The van der Waals surface area contributed by atoms with Gasteiger partial charge in [-0.05, 0) is 37.6 Å². The summed E-state index contributed by atoms with van der Waals surface area (Å²) in [5, 5.41) is 0.564. The molecule has 0 radical (unpaired) electrons. The number of amides is 2. The minimum atomic E-state index is -0.299. The third-order valence-electron chi connectivity index (χ3n) is 3.86. The van der Waals surface area contributed by atoms with Gasteiger partial charge < -0.3 is 14.5 Å². The molecule has 2 amide bonds. The molecule has 1 aromatic rings. The van der Waals surface area contributed by atoms with E-state index < -0.39 is 0 Å². The highest BCUT2D eigenvalue weighted by Crippen LogP contribution is 2.28. The van der Waals surface area contributed by atoms with Crippen LogP contribution in [0.1, 0.15) is 20.3 Å². The van der Waals surface area contributed by atoms with Gasteiger partial charge in [-0.1, -0.05) is 18.5 Å². The number of thioether (sulfide) groups is 1. The summed E-state index contributed by atoms with van der Waals surface area (Å²) in [6, 6.07) is 7.53. The highest BCUT2D eigenvalue weighted by molar-refractivity contribution is 8.00. The number of rotatable bonds is 5. The van der Waals surface area contributed by atoms with E-state index in [0.717, 1.165) is 11.3 Å². The van der Waals surface area contributed by atoms with Crippen LogP contribution >= 0.6 is 23.4 Å². The highest BCUT2D eigenvalue weighted by atomic mass is 35.5. The summed E-state index contributed by atoms with van der Waals surface area (Å²) in [7, 11) is 0. The largest absolute Gasteiger partial charge is 0.450 e. The Kier molecular flexibility index (Phi) is 7.24. The minimum Gasteiger partial charge on any atom is -0.450 e. The second kappa shape index (κ2) is 9.18. The van der Waals surface area contributed by atoms with Gasteiger partial charge in [0.05, 0.1) is 11.9 Å². The van der Waals surface area contributed by atoms with Crippen molar-refractivity contribution in [1.82, 2.24) is 9.80 Å². The first-order chi connectivity index (χ1) is 11.5. The number of hydrogen-bond donors (Lipinski definition) is 0. The van der Waals surface area contributed by atoms with Crippen LogP contribution in [0, 0.1) is 0 Å². The van der Waals surface area contributed by atoms with Gasteiger partial charge in [-0.25, -0.2) is 4.79 Å². The lowest BCUT2D eigenvalue weighted by Gasteiger charge is -2.35. The molecule has 0 spiro atoms. The van der Waals surface area contributed by atoms with E-state index in [1.807, 2.05) is 36.1 Å². The van der Waals surface area contributed by atoms with Gasteiger partial charge in [-0.2, -0.15) is 0 Å². The van der Waals surface area contributed by atoms with Crippen LogP contribution in [0.25, 0.3) is 0 Å². The number of nitrogens with zero attached hydrogens (tertiary/aromatic N) is 2. The van der Waals surface area contributed by atoms with E-state index in [-0.39, 0.29) is 17.3 Å². The van der Waals surface area contributed by atoms with Crippen molar-refractivity contribution in [2.45, 2.75) is 30.4 Å². The van der Waals surface area contributed by atoms with Gasteiger partial charge >= 0.3 is 6.09 Å². The number of carbonyl (C=O) groups excluding carboxylic acids is 2. The fourth-order valence-electron chi connectivity index (χ4n) is 2.51. The van der Waals surface area contributed by atoms with Crippen LogP contribution in [0.4, 0.5) is 4.79 Å². The van der Waals surface area contributed by atoms with Gasteiger partial charge in [0, 0.05) is 36.1 Å². The van der Waals surface area contributed by atoms with Crippen LogP contribution in [-0.4, -0.2) is 59.8 Å². The molecule has 0 bridgehead atoms. The molecule has 2 rings (SSSR count). The van der Waals surface area contributed by atoms with Crippen LogP contribution in [0.5, 0.6) is 0 Å². The summed E-state index contributed by atoms with van der Waals surface area (Å²) in [4.78, 5) is 29.0. The Hall–Kier alpha value is -1.40. The first-order valence-corrected chi connectivity index (χ1v) is 9.43. The molecular formula is C17H23ClN2O3S. The van der Waals surface area contributed by atoms with Gasteiger partial charge in [0.15, 0.2) is 0 Å². The lowest BCUT2D eigenvalue weighted by Crippen LogP contribution is -2.52. The second-order valence-corrected chi connectivity index (χ2v) is 7.19. The molecule has 1 aliphatic rings. The minimum absolute atomic E-state index is 0.125. The van der Waals surface area contributed by atoms with Crippen LogP contribution in [0.3, 0.4) is 0 Å². The monoisotopic (exact) mass is 370 g/mol. The lowest BCUT2D eigenvalue weighted by atomic mass is 10.2. The second-order valence-electron chi connectivity index (χ2n) is 5.48. The van der Waals surface area contributed by atoms with Gasteiger partial charge in [-0.3, -0.25) is 4.79 Å². The van der Waals surface area contributed by atoms with E-state index in [4.69, 9.17) is 16.3 Å². The average molecular weight is 371 g/mol. The molecular weight excluding hydrogens is 348 g/mol. The molecule has 132 valence electrons. The predicted octanol–water partition coefficient (Wildman–Crippen LogP) is 3.51. The van der Waals surface area contributed by atoms with E-state index in [1.54, 1.807) is 23.6 Å². The first kappa shape index (κ1) is 18.9. The number of carbonyl (C=O) groups is 2. The Morgan fingerprint density at radius 3 is 2.25 bits per heavy atom. The summed E-state index contributed by atoms with van der Waals surface area (Å²) in [5.74, 6) is 0.126. The summed E-state index contributed by atoms with van der Waals surface area (Å²) in [6.45, 7) is 6.31. The molecule has 1 unspecified atom stereocenters. The summed E-state index contributed by atoms with van der Waals surface area (Å²) >= 11 is 7.46. The zero-order valence-electron chi connectivity index (χ0n) is 14.0. The fraction of sp³-hybridized carbons (Fsp3) is 0.529. The quantitative estimate of drug-likeness (QED) is 0.744. The topological polar surface area (TPSA) is 49.9 Å². The molecule has 1 aliphatic heterocycles. The van der Waals surface area contributed by atoms with E-state index in [2.05, 4.69) is 0 Å². The molecule has 24 heavy (non-hydrogen) atoms. The Morgan fingerprint density at radius 2 is 1.71 bits per heavy atom. The molecule has 1 fully saturated rings. The maximum atomic E-state index is 12.7. The van der Waals surface area contributed by atoms with Gasteiger partial charge in [0.25, 0.3) is 0 Å². The summed E-state index contributed by atoms with van der Waals surface area (Å²) in [5.41, 5.74) is 0. The molecule has 7 heteroatoms. The molecule has 0 saturated carbocycles. The van der Waals surface area contributed by atoms with Gasteiger partial charge in [0.1, 0.15) is 0 Å². The summed E-state index contributed by atoms with van der Waals surface area (Å²) < 4.78 is 5.00. The van der Waals surface area contributed by atoms with Gasteiger partial charge in [-0.15, -0.1) is 11.8 Å². The van der Waals surface area contributed by atoms with Gasteiger partial charge in [0.2, 0.25) is 5.91 Å². The van der Waals surface area contributed by atoms with E-state index in [1.165, 1.54) is 0 Å². The van der Waals surface area contributed by atoms with Crippen molar-refractivity contribution in [3.05, 3.63) is 29.3 Å². The molecule has 0 N–H and O–H groups in total. The van der Waals surface area contributed by atoms with E-state index in [9.17, 15) is 9.59 Å². The van der Waals surface area contributed by atoms with Crippen molar-refractivity contribution in [3.63, 3.8) is 0 Å². The Balaban J connectivity index is 1.90. The SMILES string of the molecule is CCOC(=O)N1CCN(C(=O)C(CC)Sc2ccc(Cl)cc2)CC1. The molecule has 1 atom stereocenters. The van der Waals surface area contributed by atoms with E-state index >= 15 is 0 Å². The van der Waals surface area contributed by atoms with Crippen molar-refractivity contribution >= 4 is 35.4 Å². The van der Waals surface area contributed by atoms with Crippen molar-refractivity contribution in [3.8, 4) is 0 Å². The predicted molar refractivity (Wildman–Crippen MR) is 96.6 cm³/mol. The smallest absolute Gasteiger partial charge is 0.409 e. The van der Waals surface area contributed by atoms with Crippen LogP contribution in [0.2, 0.25) is 5.02 Å². The molecule has 1 aromatic carbocycles. The number of hydrogen-bond acceptors (Lipinski definition) is 4. The van der Waals surface area contributed by atoms with Crippen molar-refractivity contribution in [2.75, 3.05) is 32.8 Å². The van der Waals surface area contributed by atoms with E-state index in [0.29, 0.717) is 37.8 Å². The molecule has 1 heterocycles. The molecule has 0 aliphatic carbocycles. The molecule has 5 nitrogen and oxygen atoms in total. The lowest BCUT2D eigenvalue weighted by molar-refractivity contribution is -0.132. The molecule has 1 saturated heterocycles. The fourth-order valence-corrected chi connectivity index (χ4v) is 3.68. The third kappa shape index (κ3) is 5.05. The van der Waals surface area contributed by atoms with Crippen LogP contribution in [0.15, 0.2) is 29.2 Å². The Morgan fingerprint density at radius 1 is 1.12 bits per heavy atom. The van der Waals surface area contributed by atoms with Crippen LogP contribution in [-0.2, 0) is 9.53 Å². The highest BCUT2D eigenvalue weighted by Gasteiger charge is 2.29. The average Bonchev–Trinajstić information content (AvgIpc) is 2.61. The normalized spacial score (nSPS) is 16.0. The molecule has 0 aromatic heterocycles.